The lowest BCUT2D eigenvalue weighted by Gasteiger charge is -2.14. The first-order valence-electron chi connectivity index (χ1n) is 10.3. The number of anilines is 1. The molecule has 1 aliphatic heterocycles. The van der Waals surface area contributed by atoms with Crippen LogP contribution in [0.4, 0.5) is 5.69 Å². The van der Waals surface area contributed by atoms with Crippen molar-refractivity contribution >= 4 is 46.8 Å². The number of carbonyl (C=O) groups is 2. The minimum Gasteiger partial charge on any atom is -0.493 e. The number of rotatable bonds is 8. The number of benzene rings is 3. The first kappa shape index (κ1) is 23.5. The predicted molar refractivity (Wildman–Crippen MR) is 130 cm³/mol. The molecule has 34 heavy (non-hydrogen) atoms. The van der Waals surface area contributed by atoms with E-state index in [0.29, 0.717) is 22.7 Å². The van der Waals surface area contributed by atoms with Crippen molar-refractivity contribution in [2.45, 2.75) is 0 Å². The largest absolute Gasteiger partial charge is 0.493 e. The Morgan fingerprint density at radius 3 is 2.18 bits per heavy atom. The highest BCUT2D eigenvalue weighted by Gasteiger charge is 2.34. The summed E-state index contributed by atoms with van der Waals surface area (Å²) in [6.45, 7) is 0.424. The van der Waals surface area contributed by atoms with Gasteiger partial charge in [0.1, 0.15) is 18.8 Å². The summed E-state index contributed by atoms with van der Waals surface area (Å²) in [4.78, 5) is 25.1. The van der Waals surface area contributed by atoms with Crippen LogP contribution in [0.2, 0.25) is 10.0 Å². The number of para-hydroxylation sites is 3. The maximum atomic E-state index is 12.8. The summed E-state index contributed by atoms with van der Waals surface area (Å²) in [5, 5.41) is 1.67. The van der Waals surface area contributed by atoms with Gasteiger partial charge in [-0.1, -0.05) is 53.5 Å². The molecule has 0 bridgehead atoms. The van der Waals surface area contributed by atoms with Crippen LogP contribution in [-0.2, 0) is 9.59 Å². The van der Waals surface area contributed by atoms with E-state index in [1.54, 1.807) is 55.6 Å². The van der Waals surface area contributed by atoms with Gasteiger partial charge >= 0.3 is 0 Å². The zero-order valence-electron chi connectivity index (χ0n) is 18.1. The molecule has 7 nitrogen and oxygen atoms in total. The monoisotopic (exact) mass is 498 g/mol. The van der Waals surface area contributed by atoms with Crippen LogP contribution in [0.25, 0.3) is 6.08 Å². The summed E-state index contributed by atoms with van der Waals surface area (Å²) < 4.78 is 16.6. The average molecular weight is 499 g/mol. The number of nitrogens with zero attached hydrogens (tertiary/aromatic N) is 1. The van der Waals surface area contributed by atoms with Gasteiger partial charge in [0.05, 0.1) is 22.8 Å². The van der Waals surface area contributed by atoms with E-state index < -0.39 is 11.8 Å². The van der Waals surface area contributed by atoms with Gasteiger partial charge in [-0.3, -0.25) is 15.0 Å². The van der Waals surface area contributed by atoms with Crippen LogP contribution in [0, 0.1) is 0 Å². The van der Waals surface area contributed by atoms with E-state index in [2.05, 4.69) is 5.43 Å². The third kappa shape index (κ3) is 5.11. The van der Waals surface area contributed by atoms with Crippen LogP contribution in [0.3, 0.4) is 0 Å². The van der Waals surface area contributed by atoms with Crippen LogP contribution in [-0.4, -0.2) is 32.1 Å². The molecule has 1 fully saturated rings. The topological polar surface area (TPSA) is 77.1 Å². The van der Waals surface area contributed by atoms with E-state index in [0.717, 1.165) is 0 Å². The number of hydrogen-bond donors (Lipinski definition) is 1. The highest BCUT2D eigenvalue weighted by atomic mass is 35.5. The molecule has 0 saturated carbocycles. The maximum absolute atomic E-state index is 12.8. The lowest BCUT2D eigenvalue weighted by Crippen LogP contribution is -2.35. The smallest absolute Gasteiger partial charge is 0.282 e. The standard InChI is InChI=1S/C25H20Cl2N2O5/c1-32-21-9-5-6-10-22(21)33-11-12-34-23-19(26)14-16(15-20(23)27)13-18-24(30)28-29(25(18)31)17-7-3-2-4-8-17/h2-10,13-15H,11-12H2,1H3,(H,28,30)/b18-13+. The van der Waals surface area contributed by atoms with E-state index >= 15 is 0 Å². The first-order valence-corrected chi connectivity index (χ1v) is 11.0. The fourth-order valence-electron chi connectivity index (χ4n) is 3.32. The van der Waals surface area contributed by atoms with Gasteiger partial charge in [-0.15, -0.1) is 0 Å². The second-order valence-corrected chi connectivity index (χ2v) is 7.95. The number of amides is 2. The number of nitrogens with one attached hydrogen (secondary N) is 1. The Balaban J connectivity index is 1.43. The van der Waals surface area contributed by atoms with Gasteiger partial charge in [0.25, 0.3) is 11.8 Å². The Morgan fingerprint density at radius 2 is 1.50 bits per heavy atom. The summed E-state index contributed by atoms with van der Waals surface area (Å²) in [5.74, 6) is 0.499. The van der Waals surface area contributed by atoms with Gasteiger partial charge in [0.15, 0.2) is 17.2 Å². The van der Waals surface area contributed by atoms with Crippen molar-refractivity contribution in [3.63, 3.8) is 0 Å². The Kier molecular flexibility index (Phi) is 7.25. The van der Waals surface area contributed by atoms with Gasteiger partial charge in [0, 0.05) is 0 Å². The molecule has 3 aromatic rings. The first-order chi connectivity index (χ1) is 16.5. The molecule has 3 aromatic carbocycles. The van der Waals surface area contributed by atoms with Crippen LogP contribution in [0.5, 0.6) is 17.2 Å². The molecule has 174 valence electrons. The molecule has 9 heteroatoms. The van der Waals surface area contributed by atoms with Crippen molar-refractivity contribution in [1.82, 2.24) is 5.43 Å². The summed E-state index contributed by atoms with van der Waals surface area (Å²) >= 11 is 12.7. The van der Waals surface area contributed by atoms with E-state index in [4.69, 9.17) is 37.4 Å². The van der Waals surface area contributed by atoms with Crippen molar-refractivity contribution in [3.05, 3.63) is 87.9 Å². The Labute approximate surface area is 206 Å². The highest BCUT2D eigenvalue weighted by Crippen LogP contribution is 2.35. The van der Waals surface area contributed by atoms with Crippen molar-refractivity contribution < 1.29 is 23.8 Å². The number of halogens is 2. The molecular weight excluding hydrogens is 479 g/mol. The summed E-state index contributed by atoms with van der Waals surface area (Å²) in [7, 11) is 1.57. The summed E-state index contributed by atoms with van der Waals surface area (Å²) in [5.41, 5.74) is 3.56. The van der Waals surface area contributed by atoms with E-state index in [9.17, 15) is 9.59 Å². The van der Waals surface area contributed by atoms with Crippen molar-refractivity contribution in [2.24, 2.45) is 0 Å². The van der Waals surface area contributed by atoms with Gasteiger partial charge in [-0.2, -0.15) is 0 Å². The zero-order chi connectivity index (χ0) is 24.1. The number of hydrogen-bond acceptors (Lipinski definition) is 5. The number of hydrazine groups is 1. The minimum absolute atomic E-state index is 0.0325. The number of methoxy groups -OCH3 is 1. The van der Waals surface area contributed by atoms with Gasteiger partial charge in [-0.05, 0) is 48.0 Å². The molecule has 1 N–H and O–H groups in total. The second-order valence-electron chi connectivity index (χ2n) is 7.14. The molecule has 1 aliphatic rings. The maximum Gasteiger partial charge on any atom is 0.282 e. The Hall–Kier alpha value is -3.68. The molecule has 0 aromatic heterocycles. The Morgan fingerprint density at radius 1 is 0.882 bits per heavy atom. The van der Waals surface area contributed by atoms with Crippen LogP contribution in [0.1, 0.15) is 5.56 Å². The van der Waals surface area contributed by atoms with Crippen LogP contribution >= 0.6 is 23.2 Å². The zero-order valence-corrected chi connectivity index (χ0v) is 19.6. The predicted octanol–water partition coefficient (Wildman–Crippen LogP) is 4.92. The second kappa shape index (κ2) is 10.5. The van der Waals surface area contributed by atoms with Crippen molar-refractivity contribution in [2.75, 3.05) is 25.3 Å². The van der Waals surface area contributed by atoms with Crippen LogP contribution in [0.15, 0.2) is 72.3 Å². The fourth-order valence-corrected chi connectivity index (χ4v) is 3.93. The van der Waals surface area contributed by atoms with Gasteiger partial charge in [-0.25, -0.2) is 5.01 Å². The summed E-state index contributed by atoms with van der Waals surface area (Å²) in [6.07, 6.45) is 1.44. The Bertz CT molecular complexity index is 1220. The molecule has 0 aliphatic carbocycles. The lowest BCUT2D eigenvalue weighted by atomic mass is 10.1. The fraction of sp³-hybridized carbons (Fsp3) is 0.120. The molecule has 0 atom stereocenters. The van der Waals surface area contributed by atoms with Gasteiger partial charge in [0.2, 0.25) is 0 Å². The van der Waals surface area contributed by atoms with E-state index in [-0.39, 0.29) is 34.6 Å². The van der Waals surface area contributed by atoms with E-state index in [1.807, 2.05) is 18.2 Å². The third-order valence-corrected chi connectivity index (χ3v) is 5.46. The van der Waals surface area contributed by atoms with Gasteiger partial charge < -0.3 is 14.2 Å². The molecule has 1 heterocycles. The normalized spacial score (nSPS) is 14.3. The average Bonchev–Trinajstić information content (AvgIpc) is 3.12. The quantitative estimate of drug-likeness (QED) is 0.271. The van der Waals surface area contributed by atoms with Crippen molar-refractivity contribution in [3.8, 4) is 17.2 Å². The third-order valence-electron chi connectivity index (χ3n) is 4.89. The minimum atomic E-state index is -0.519. The van der Waals surface area contributed by atoms with E-state index in [1.165, 1.54) is 11.1 Å². The van der Waals surface area contributed by atoms with Crippen LogP contribution < -0.4 is 24.6 Å². The SMILES string of the molecule is COc1ccccc1OCCOc1c(Cl)cc(/C=C2\C(=O)NN(c3ccccc3)C2=O)cc1Cl. The molecule has 1 saturated heterocycles. The molecule has 0 spiro atoms. The molecule has 4 rings (SSSR count). The summed E-state index contributed by atoms with van der Waals surface area (Å²) in [6, 6.07) is 19.2. The highest BCUT2D eigenvalue weighted by molar-refractivity contribution is 6.37. The lowest BCUT2D eigenvalue weighted by molar-refractivity contribution is -0.117. The van der Waals surface area contributed by atoms with Crippen molar-refractivity contribution in [1.29, 1.82) is 0 Å². The molecule has 0 radical (unpaired) electrons. The molecule has 0 unspecified atom stereocenters. The molecule has 2 amide bonds. The number of ether oxygens (including phenoxy) is 3. The number of carbonyl (C=O) groups excluding carboxylic acids is 2. The molecular formula is C25H20Cl2N2O5.